The number of carbonyl (C=O) groups excluding carboxylic acids is 1. The molecule has 1 aromatic carbocycles. The molecular weight excluding hydrogens is 358 g/mol. The van der Waals surface area contributed by atoms with Crippen molar-refractivity contribution in [1.29, 1.82) is 0 Å². The number of rotatable bonds is 7. The molecule has 144 valence electrons. The van der Waals surface area contributed by atoms with E-state index in [1.165, 1.54) is 17.0 Å². The molecule has 26 heavy (non-hydrogen) atoms. The average Bonchev–Trinajstić information content (AvgIpc) is 2.99. The minimum Gasteiger partial charge on any atom is -0.481 e. The predicted molar refractivity (Wildman–Crippen MR) is 96.2 cm³/mol. The summed E-state index contributed by atoms with van der Waals surface area (Å²) >= 11 is 0. The molecule has 0 aliphatic carbocycles. The fourth-order valence-corrected chi connectivity index (χ4v) is 3.84. The lowest BCUT2D eigenvalue weighted by Gasteiger charge is -2.23. The van der Waals surface area contributed by atoms with Gasteiger partial charge in [0.1, 0.15) is 0 Å². The molecule has 2 atom stereocenters. The topological polar surface area (TPSA) is 116 Å². The van der Waals surface area contributed by atoms with Crippen LogP contribution in [-0.2, 0) is 14.8 Å². The number of benzene rings is 1. The molecule has 0 aromatic heterocycles. The maximum atomic E-state index is 12.2. The lowest BCUT2D eigenvalue weighted by atomic mass is 9.90. The number of carbonyl (C=O) groups is 2. The van der Waals surface area contributed by atoms with E-state index in [0.29, 0.717) is 19.4 Å². The van der Waals surface area contributed by atoms with Crippen molar-refractivity contribution in [2.45, 2.75) is 37.6 Å². The van der Waals surface area contributed by atoms with Crippen molar-refractivity contribution >= 4 is 22.0 Å². The molecule has 1 fully saturated rings. The number of carboxylic acid groups (broad SMARTS) is 1. The van der Waals surface area contributed by atoms with E-state index in [4.69, 9.17) is 0 Å². The molecule has 1 aliphatic heterocycles. The van der Waals surface area contributed by atoms with Crippen LogP contribution >= 0.6 is 0 Å². The number of amides is 2. The van der Waals surface area contributed by atoms with Gasteiger partial charge >= 0.3 is 12.0 Å². The van der Waals surface area contributed by atoms with Gasteiger partial charge in [-0.05, 0) is 38.8 Å². The van der Waals surface area contributed by atoms with Gasteiger partial charge in [-0.3, -0.25) is 4.79 Å². The van der Waals surface area contributed by atoms with Crippen LogP contribution < -0.4 is 10.0 Å². The molecule has 0 bridgehead atoms. The lowest BCUT2D eigenvalue weighted by molar-refractivity contribution is -0.147. The van der Waals surface area contributed by atoms with Crippen LogP contribution in [0.2, 0.25) is 0 Å². The van der Waals surface area contributed by atoms with Crippen LogP contribution in [0.5, 0.6) is 0 Å². The lowest BCUT2D eigenvalue weighted by Crippen LogP contribution is -2.45. The highest BCUT2D eigenvalue weighted by molar-refractivity contribution is 7.89. The number of hydrogen-bond acceptors (Lipinski definition) is 4. The van der Waals surface area contributed by atoms with E-state index in [9.17, 15) is 23.1 Å². The predicted octanol–water partition coefficient (Wildman–Crippen LogP) is 1.25. The molecular formula is C17H25N3O5S. The Balaban J connectivity index is 1.78. The van der Waals surface area contributed by atoms with Crippen LogP contribution in [0.4, 0.5) is 4.79 Å². The van der Waals surface area contributed by atoms with E-state index in [1.807, 2.05) is 0 Å². The number of carboxylic acids is 1. The third kappa shape index (κ3) is 4.95. The van der Waals surface area contributed by atoms with Crippen LogP contribution in [-0.4, -0.2) is 56.1 Å². The Morgan fingerprint density at radius 1 is 1.31 bits per heavy atom. The zero-order chi connectivity index (χ0) is 19.4. The highest BCUT2D eigenvalue weighted by Gasteiger charge is 2.42. The van der Waals surface area contributed by atoms with Crippen LogP contribution in [0.3, 0.4) is 0 Å². The highest BCUT2D eigenvalue weighted by Crippen LogP contribution is 2.30. The zero-order valence-corrected chi connectivity index (χ0v) is 15.8. The Bertz CT molecular complexity index is 753. The molecule has 0 spiro atoms. The minimum atomic E-state index is -3.56. The van der Waals surface area contributed by atoms with E-state index >= 15 is 0 Å². The summed E-state index contributed by atoms with van der Waals surface area (Å²) in [6.45, 7) is 4.15. The van der Waals surface area contributed by atoms with Crippen molar-refractivity contribution in [2.24, 2.45) is 5.41 Å². The molecule has 1 aromatic rings. The van der Waals surface area contributed by atoms with Crippen molar-refractivity contribution in [2.75, 3.05) is 19.6 Å². The second-order valence-corrected chi connectivity index (χ2v) is 8.65. The van der Waals surface area contributed by atoms with Crippen molar-refractivity contribution in [1.82, 2.24) is 14.9 Å². The summed E-state index contributed by atoms with van der Waals surface area (Å²) in [5.74, 6) is -0.906. The van der Waals surface area contributed by atoms with Crippen LogP contribution in [0, 0.1) is 5.41 Å². The third-order valence-corrected chi connectivity index (χ3v) is 6.05. The summed E-state index contributed by atoms with van der Waals surface area (Å²) in [6.07, 6.45) is 0.836. The minimum absolute atomic E-state index is 0.168. The van der Waals surface area contributed by atoms with Gasteiger partial charge in [0.2, 0.25) is 10.0 Å². The molecule has 3 N–H and O–H groups in total. The molecule has 9 heteroatoms. The second kappa shape index (κ2) is 8.05. The molecule has 1 heterocycles. The molecule has 1 saturated heterocycles. The average molecular weight is 383 g/mol. The largest absolute Gasteiger partial charge is 0.481 e. The SMILES string of the molecule is CC(CCNS(=O)(=O)c1ccccc1)NC(=O)N1CCC(C)(C(=O)O)C1. The summed E-state index contributed by atoms with van der Waals surface area (Å²) in [7, 11) is -3.56. The van der Waals surface area contributed by atoms with Gasteiger partial charge in [-0.1, -0.05) is 18.2 Å². The standard InChI is InChI=1S/C17H25N3O5S/c1-13(8-10-18-26(24,25)14-6-4-3-5-7-14)19-16(23)20-11-9-17(2,12-20)15(21)22/h3-7,13,18H,8-12H2,1-2H3,(H,19,23)(H,21,22). The fraction of sp³-hybridized carbons (Fsp3) is 0.529. The first-order chi connectivity index (χ1) is 12.1. The normalized spacial score (nSPS) is 21.4. The Kier molecular flexibility index (Phi) is 6.25. The van der Waals surface area contributed by atoms with Gasteiger partial charge in [0.15, 0.2) is 0 Å². The Morgan fingerprint density at radius 2 is 1.96 bits per heavy atom. The highest BCUT2D eigenvalue weighted by atomic mass is 32.2. The van der Waals surface area contributed by atoms with Crippen molar-refractivity contribution in [3.63, 3.8) is 0 Å². The number of likely N-dealkylation sites (tertiary alicyclic amines) is 1. The summed E-state index contributed by atoms with van der Waals surface area (Å²) in [5, 5.41) is 12.0. The van der Waals surface area contributed by atoms with E-state index in [2.05, 4.69) is 10.0 Å². The van der Waals surface area contributed by atoms with Crippen molar-refractivity contribution in [3.8, 4) is 0 Å². The van der Waals surface area contributed by atoms with Crippen LogP contribution in [0.1, 0.15) is 26.7 Å². The molecule has 2 rings (SSSR count). The number of hydrogen-bond donors (Lipinski definition) is 3. The summed E-state index contributed by atoms with van der Waals surface area (Å²) in [6, 6.07) is 7.49. The summed E-state index contributed by atoms with van der Waals surface area (Å²) < 4.78 is 26.7. The van der Waals surface area contributed by atoms with Crippen molar-refractivity contribution in [3.05, 3.63) is 30.3 Å². The zero-order valence-electron chi connectivity index (χ0n) is 14.9. The van der Waals surface area contributed by atoms with Crippen LogP contribution in [0.15, 0.2) is 35.2 Å². The Morgan fingerprint density at radius 3 is 2.54 bits per heavy atom. The number of nitrogens with zero attached hydrogens (tertiary/aromatic N) is 1. The van der Waals surface area contributed by atoms with E-state index in [-0.39, 0.29) is 30.1 Å². The van der Waals surface area contributed by atoms with E-state index in [1.54, 1.807) is 32.0 Å². The molecule has 0 radical (unpaired) electrons. The molecule has 8 nitrogen and oxygen atoms in total. The van der Waals surface area contributed by atoms with E-state index < -0.39 is 21.4 Å². The first-order valence-electron chi connectivity index (χ1n) is 8.48. The number of nitrogens with one attached hydrogen (secondary N) is 2. The number of sulfonamides is 1. The smallest absolute Gasteiger partial charge is 0.317 e. The van der Waals surface area contributed by atoms with E-state index in [0.717, 1.165) is 0 Å². The maximum Gasteiger partial charge on any atom is 0.317 e. The Hall–Kier alpha value is -2.13. The summed E-state index contributed by atoms with van der Waals surface area (Å²) in [5.41, 5.74) is -0.911. The van der Waals surface area contributed by atoms with Gasteiger partial charge in [0.25, 0.3) is 0 Å². The molecule has 1 aliphatic rings. The van der Waals surface area contributed by atoms with Crippen molar-refractivity contribution < 1.29 is 23.1 Å². The fourth-order valence-electron chi connectivity index (χ4n) is 2.78. The second-order valence-electron chi connectivity index (χ2n) is 6.89. The Labute approximate surface area is 153 Å². The van der Waals surface area contributed by atoms with Gasteiger partial charge in [0.05, 0.1) is 10.3 Å². The molecule has 2 unspecified atom stereocenters. The summed E-state index contributed by atoms with van der Waals surface area (Å²) in [4.78, 5) is 25.2. The number of urea groups is 1. The van der Waals surface area contributed by atoms with Gasteiger partial charge in [-0.2, -0.15) is 0 Å². The molecule has 0 saturated carbocycles. The monoisotopic (exact) mass is 383 g/mol. The molecule has 2 amide bonds. The van der Waals surface area contributed by atoms with Crippen LogP contribution in [0.25, 0.3) is 0 Å². The first-order valence-corrected chi connectivity index (χ1v) is 9.96. The maximum absolute atomic E-state index is 12.2. The van der Waals surface area contributed by atoms with Gasteiger partial charge < -0.3 is 15.3 Å². The van der Waals surface area contributed by atoms with Gasteiger partial charge in [0, 0.05) is 25.7 Å². The quantitative estimate of drug-likeness (QED) is 0.655. The number of aliphatic carboxylic acids is 1. The van der Waals surface area contributed by atoms with Gasteiger partial charge in [-0.25, -0.2) is 17.9 Å². The third-order valence-electron chi connectivity index (χ3n) is 4.57. The van der Waals surface area contributed by atoms with Gasteiger partial charge in [-0.15, -0.1) is 0 Å². The first kappa shape index (κ1) is 20.2.